The summed E-state index contributed by atoms with van der Waals surface area (Å²) in [5, 5.41) is 6.53. The highest BCUT2D eigenvalue weighted by atomic mass is 32.1. The molecule has 0 radical (unpaired) electrons. The van der Waals surface area contributed by atoms with Crippen LogP contribution in [0.5, 0.6) is 0 Å². The summed E-state index contributed by atoms with van der Waals surface area (Å²) in [4.78, 5) is 32.5. The molecule has 1 unspecified atom stereocenters. The van der Waals surface area contributed by atoms with Crippen LogP contribution in [0, 0.1) is 13.8 Å². The van der Waals surface area contributed by atoms with Crippen LogP contribution in [0.3, 0.4) is 0 Å². The van der Waals surface area contributed by atoms with Crippen LogP contribution in [0.4, 0.5) is 10.8 Å². The fourth-order valence-electron chi connectivity index (χ4n) is 3.67. The van der Waals surface area contributed by atoms with Crippen LogP contribution in [0.15, 0.2) is 18.2 Å². The van der Waals surface area contributed by atoms with Crippen LogP contribution < -0.4 is 10.6 Å². The van der Waals surface area contributed by atoms with Gasteiger partial charge >= 0.3 is 0 Å². The number of carbonyl (C=O) groups is 2. The Hall–Kier alpha value is -2.29. The summed E-state index contributed by atoms with van der Waals surface area (Å²) >= 11 is 1.49. The van der Waals surface area contributed by atoms with Crippen molar-refractivity contribution in [2.75, 3.05) is 30.3 Å². The third-order valence-electron chi connectivity index (χ3n) is 5.30. The second kappa shape index (κ2) is 8.61. The molecule has 3 heterocycles. The van der Waals surface area contributed by atoms with Gasteiger partial charge in [0.2, 0.25) is 5.91 Å². The van der Waals surface area contributed by atoms with E-state index in [1.54, 1.807) is 0 Å². The largest absolute Gasteiger partial charge is 0.368 e. The van der Waals surface area contributed by atoms with Crippen molar-refractivity contribution in [1.82, 2.24) is 9.88 Å². The summed E-state index contributed by atoms with van der Waals surface area (Å²) in [7, 11) is 0. The van der Waals surface area contributed by atoms with E-state index < -0.39 is 0 Å². The number of anilines is 2. The van der Waals surface area contributed by atoms with Crippen molar-refractivity contribution >= 4 is 34.0 Å². The quantitative estimate of drug-likeness (QED) is 0.786. The number of amides is 2. The van der Waals surface area contributed by atoms with Crippen molar-refractivity contribution in [1.29, 1.82) is 0 Å². The first kappa shape index (κ1) is 20.0. The van der Waals surface area contributed by atoms with Gasteiger partial charge in [0, 0.05) is 36.7 Å². The minimum Gasteiger partial charge on any atom is -0.368 e. The Morgan fingerprint density at radius 3 is 2.97 bits per heavy atom. The van der Waals surface area contributed by atoms with Crippen molar-refractivity contribution in [3.63, 3.8) is 0 Å². The SMILES string of the molecule is Cc1ccc(C)c(NC(=O)CN2CCc3nc(NC(=O)C4CCCO4)sc3C2)c1. The molecule has 7 nitrogen and oxygen atoms in total. The van der Waals surface area contributed by atoms with Gasteiger partial charge in [-0.25, -0.2) is 4.98 Å². The molecule has 0 saturated carbocycles. The van der Waals surface area contributed by atoms with Crippen LogP contribution in [-0.4, -0.2) is 47.5 Å². The van der Waals surface area contributed by atoms with Gasteiger partial charge in [-0.05, 0) is 43.9 Å². The van der Waals surface area contributed by atoms with E-state index in [-0.39, 0.29) is 17.9 Å². The molecule has 1 aromatic heterocycles. The zero-order chi connectivity index (χ0) is 20.4. The molecule has 1 saturated heterocycles. The number of ether oxygens (including phenoxy) is 1. The predicted octanol–water partition coefficient (Wildman–Crippen LogP) is 2.87. The summed E-state index contributed by atoms with van der Waals surface area (Å²) in [6.45, 7) is 6.43. The highest BCUT2D eigenvalue weighted by Crippen LogP contribution is 2.29. The standard InChI is InChI=1S/C21H26N4O3S/c1-13-5-6-14(2)16(10-13)22-19(26)12-25-8-7-15-18(11-25)29-21(23-15)24-20(27)17-4-3-9-28-17/h5-6,10,17H,3-4,7-9,11-12H2,1-2H3,(H,22,26)(H,23,24,27). The summed E-state index contributed by atoms with van der Waals surface area (Å²) in [5.41, 5.74) is 4.06. The lowest BCUT2D eigenvalue weighted by Crippen LogP contribution is -2.36. The molecule has 1 aromatic carbocycles. The van der Waals surface area contributed by atoms with E-state index in [4.69, 9.17) is 4.74 Å². The smallest absolute Gasteiger partial charge is 0.255 e. The van der Waals surface area contributed by atoms with Gasteiger partial charge in [0.15, 0.2) is 5.13 Å². The highest BCUT2D eigenvalue weighted by molar-refractivity contribution is 7.15. The van der Waals surface area contributed by atoms with Gasteiger partial charge in [-0.1, -0.05) is 12.1 Å². The lowest BCUT2D eigenvalue weighted by atomic mass is 10.1. The Bertz CT molecular complexity index is 921. The molecule has 1 fully saturated rings. The van der Waals surface area contributed by atoms with Gasteiger partial charge in [0.05, 0.1) is 12.2 Å². The first-order chi connectivity index (χ1) is 14.0. The number of aromatic nitrogens is 1. The molecule has 2 aliphatic heterocycles. The minimum absolute atomic E-state index is 0.0152. The van der Waals surface area contributed by atoms with E-state index in [0.29, 0.717) is 24.8 Å². The van der Waals surface area contributed by atoms with Gasteiger partial charge in [-0.2, -0.15) is 0 Å². The van der Waals surface area contributed by atoms with Crippen LogP contribution in [0.2, 0.25) is 0 Å². The fraction of sp³-hybridized carbons (Fsp3) is 0.476. The van der Waals surface area contributed by atoms with Crippen molar-refractivity contribution in [3.05, 3.63) is 39.9 Å². The van der Waals surface area contributed by atoms with Gasteiger partial charge in [-0.3, -0.25) is 19.8 Å². The van der Waals surface area contributed by atoms with Gasteiger partial charge in [-0.15, -0.1) is 11.3 Å². The van der Waals surface area contributed by atoms with Gasteiger partial charge in [0.25, 0.3) is 5.91 Å². The number of fused-ring (bicyclic) bond motifs is 1. The molecular weight excluding hydrogens is 388 g/mol. The molecule has 8 heteroatoms. The maximum Gasteiger partial charge on any atom is 0.255 e. The topological polar surface area (TPSA) is 83.6 Å². The van der Waals surface area contributed by atoms with E-state index in [0.717, 1.165) is 53.2 Å². The zero-order valence-electron chi connectivity index (χ0n) is 16.8. The molecule has 2 aromatic rings. The maximum absolute atomic E-state index is 12.5. The number of benzene rings is 1. The van der Waals surface area contributed by atoms with Crippen molar-refractivity contribution in [2.24, 2.45) is 0 Å². The Kier molecular flexibility index (Phi) is 5.94. The summed E-state index contributed by atoms with van der Waals surface area (Å²) in [5.74, 6) is -0.128. The van der Waals surface area contributed by atoms with Gasteiger partial charge < -0.3 is 10.1 Å². The van der Waals surface area contributed by atoms with Crippen LogP contribution >= 0.6 is 11.3 Å². The molecule has 154 valence electrons. The van der Waals surface area contributed by atoms with E-state index in [2.05, 4.69) is 20.5 Å². The van der Waals surface area contributed by atoms with Crippen LogP contribution in [-0.2, 0) is 27.3 Å². The number of carbonyl (C=O) groups excluding carboxylic acids is 2. The van der Waals surface area contributed by atoms with Crippen LogP contribution in [0.25, 0.3) is 0 Å². The average Bonchev–Trinajstić information content (AvgIpc) is 3.33. The molecule has 29 heavy (non-hydrogen) atoms. The molecule has 0 spiro atoms. The number of hydrogen-bond acceptors (Lipinski definition) is 6. The molecule has 0 aliphatic carbocycles. The number of nitrogens with zero attached hydrogens (tertiary/aromatic N) is 2. The predicted molar refractivity (Wildman–Crippen MR) is 113 cm³/mol. The Balaban J connectivity index is 1.33. The van der Waals surface area contributed by atoms with Crippen molar-refractivity contribution in [2.45, 2.75) is 45.8 Å². The molecule has 0 bridgehead atoms. The first-order valence-electron chi connectivity index (χ1n) is 9.98. The molecule has 1 atom stereocenters. The Morgan fingerprint density at radius 2 is 2.17 bits per heavy atom. The highest BCUT2D eigenvalue weighted by Gasteiger charge is 2.26. The zero-order valence-corrected chi connectivity index (χ0v) is 17.6. The molecule has 4 rings (SSSR count). The summed E-state index contributed by atoms with van der Waals surface area (Å²) in [6.07, 6.45) is 2.10. The first-order valence-corrected chi connectivity index (χ1v) is 10.8. The summed E-state index contributed by atoms with van der Waals surface area (Å²) < 4.78 is 5.43. The van der Waals surface area contributed by atoms with Gasteiger partial charge in [0.1, 0.15) is 6.10 Å². The molecular formula is C21H26N4O3S. The Morgan fingerprint density at radius 1 is 1.31 bits per heavy atom. The number of aryl methyl sites for hydroxylation is 2. The fourth-order valence-corrected chi connectivity index (χ4v) is 4.72. The number of nitrogens with one attached hydrogen (secondary N) is 2. The van der Waals surface area contributed by atoms with E-state index in [9.17, 15) is 9.59 Å². The summed E-state index contributed by atoms with van der Waals surface area (Å²) in [6, 6.07) is 6.05. The number of thiazole rings is 1. The van der Waals surface area contributed by atoms with E-state index >= 15 is 0 Å². The van der Waals surface area contributed by atoms with E-state index in [1.165, 1.54) is 11.3 Å². The third-order valence-corrected chi connectivity index (χ3v) is 6.29. The average molecular weight is 415 g/mol. The monoisotopic (exact) mass is 414 g/mol. The minimum atomic E-state index is -0.360. The Labute approximate surface area is 174 Å². The number of hydrogen-bond donors (Lipinski definition) is 2. The molecule has 2 aliphatic rings. The number of rotatable bonds is 5. The van der Waals surface area contributed by atoms with Crippen LogP contribution in [0.1, 0.15) is 34.5 Å². The lowest BCUT2D eigenvalue weighted by Gasteiger charge is -2.25. The molecule has 2 amide bonds. The van der Waals surface area contributed by atoms with Crippen molar-refractivity contribution < 1.29 is 14.3 Å². The lowest BCUT2D eigenvalue weighted by molar-refractivity contribution is -0.124. The van der Waals surface area contributed by atoms with Crippen molar-refractivity contribution in [3.8, 4) is 0 Å². The van der Waals surface area contributed by atoms with E-state index in [1.807, 2.05) is 32.0 Å². The second-order valence-electron chi connectivity index (χ2n) is 7.71. The normalized spacial score (nSPS) is 19.0. The second-order valence-corrected chi connectivity index (χ2v) is 8.79. The third kappa shape index (κ3) is 4.83. The molecule has 2 N–H and O–H groups in total. The maximum atomic E-state index is 12.5.